The molecule has 0 aromatic carbocycles. The van der Waals surface area contributed by atoms with Crippen LogP contribution in [-0.4, -0.2) is 38.5 Å². The van der Waals surface area contributed by atoms with Crippen LogP contribution in [0.25, 0.3) is 0 Å². The summed E-state index contributed by atoms with van der Waals surface area (Å²) in [6.07, 6.45) is 2.15. The molecule has 1 fully saturated rings. The Morgan fingerprint density at radius 1 is 1.62 bits per heavy atom. The number of hydrogen-bond acceptors (Lipinski definition) is 3. The average molecular weight is 187 g/mol. The van der Waals surface area contributed by atoms with Crippen molar-refractivity contribution < 1.29 is 9.47 Å². The zero-order valence-electron chi connectivity index (χ0n) is 8.93. The van der Waals surface area contributed by atoms with Crippen LogP contribution >= 0.6 is 0 Å². The zero-order chi connectivity index (χ0) is 9.73. The molecule has 0 radical (unpaired) electrons. The summed E-state index contributed by atoms with van der Waals surface area (Å²) in [7, 11) is 2.01. The van der Waals surface area contributed by atoms with Gasteiger partial charge in [-0.25, -0.2) is 0 Å². The number of ether oxygens (including phenoxy) is 2. The summed E-state index contributed by atoms with van der Waals surface area (Å²) in [5.74, 6) is 0. The Morgan fingerprint density at radius 3 is 3.00 bits per heavy atom. The fourth-order valence-electron chi connectivity index (χ4n) is 1.79. The molecule has 2 unspecified atom stereocenters. The second-order valence-corrected chi connectivity index (χ2v) is 3.91. The zero-order valence-corrected chi connectivity index (χ0v) is 8.93. The van der Waals surface area contributed by atoms with Gasteiger partial charge in [-0.2, -0.15) is 0 Å². The van der Waals surface area contributed by atoms with Gasteiger partial charge >= 0.3 is 0 Å². The Balaban J connectivity index is 2.37. The summed E-state index contributed by atoms with van der Waals surface area (Å²) in [6, 6.07) is 0.583. The largest absolute Gasteiger partial charge is 0.379 e. The molecule has 1 rings (SSSR count). The van der Waals surface area contributed by atoms with Crippen LogP contribution in [0.4, 0.5) is 0 Å². The molecule has 2 atom stereocenters. The highest BCUT2D eigenvalue weighted by Gasteiger charge is 2.32. The Labute approximate surface area is 80.8 Å². The van der Waals surface area contributed by atoms with Gasteiger partial charge in [-0.05, 0) is 33.7 Å². The minimum Gasteiger partial charge on any atom is -0.379 e. The van der Waals surface area contributed by atoms with Gasteiger partial charge in [0.25, 0.3) is 0 Å². The molecule has 0 saturated carbocycles. The van der Waals surface area contributed by atoms with E-state index in [2.05, 4.69) is 12.2 Å². The first-order chi connectivity index (χ1) is 6.20. The predicted molar refractivity (Wildman–Crippen MR) is 52.9 cm³/mol. The van der Waals surface area contributed by atoms with Crippen LogP contribution in [-0.2, 0) is 9.47 Å². The lowest BCUT2D eigenvalue weighted by Crippen LogP contribution is -2.47. The van der Waals surface area contributed by atoms with Crippen LogP contribution in [0.1, 0.15) is 26.7 Å². The molecule has 13 heavy (non-hydrogen) atoms. The van der Waals surface area contributed by atoms with Crippen LogP contribution in [0.5, 0.6) is 0 Å². The average Bonchev–Trinajstić information content (AvgIpc) is 2.15. The van der Waals surface area contributed by atoms with Crippen LogP contribution in [0.3, 0.4) is 0 Å². The van der Waals surface area contributed by atoms with E-state index in [0.717, 1.165) is 26.1 Å². The number of nitrogens with one attached hydrogen (secondary N) is 1. The van der Waals surface area contributed by atoms with Crippen molar-refractivity contribution in [3.63, 3.8) is 0 Å². The van der Waals surface area contributed by atoms with E-state index >= 15 is 0 Å². The summed E-state index contributed by atoms with van der Waals surface area (Å²) in [6.45, 7) is 6.47. The molecule has 0 aliphatic carbocycles. The molecule has 1 N–H and O–H groups in total. The quantitative estimate of drug-likeness (QED) is 0.717. The SMILES string of the molecule is CCOCC1(C)CC(NC)CCO1. The van der Waals surface area contributed by atoms with Gasteiger partial charge < -0.3 is 14.8 Å². The second kappa shape index (κ2) is 4.94. The molecular weight excluding hydrogens is 166 g/mol. The minimum atomic E-state index is -0.0814. The first kappa shape index (κ1) is 11.0. The van der Waals surface area contributed by atoms with E-state index < -0.39 is 0 Å². The highest BCUT2D eigenvalue weighted by atomic mass is 16.5. The molecule has 1 saturated heterocycles. The van der Waals surface area contributed by atoms with Crippen molar-refractivity contribution in [2.24, 2.45) is 0 Å². The molecule has 0 bridgehead atoms. The lowest BCUT2D eigenvalue weighted by Gasteiger charge is -2.37. The molecule has 0 aromatic rings. The van der Waals surface area contributed by atoms with Crippen molar-refractivity contribution in [2.75, 3.05) is 26.9 Å². The van der Waals surface area contributed by atoms with Crippen molar-refractivity contribution >= 4 is 0 Å². The summed E-state index contributed by atoms with van der Waals surface area (Å²) < 4.78 is 11.2. The number of rotatable bonds is 4. The van der Waals surface area contributed by atoms with E-state index in [1.165, 1.54) is 0 Å². The molecule has 0 amide bonds. The smallest absolute Gasteiger partial charge is 0.0901 e. The van der Waals surface area contributed by atoms with Gasteiger partial charge in [-0.15, -0.1) is 0 Å². The maximum absolute atomic E-state index is 5.73. The molecule has 0 aromatic heterocycles. The van der Waals surface area contributed by atoms with E-state index in [-0.39, 0.29) is 5.60 Å². The molecule has 3 nitrogen and oxygen atoms in total. The third-order valence-electron chi connectivity index (χ3n) is 2.61. The number of hydrogen-bond donors (Lipinski definition) is 1. The van der Waals surface area contributed by atoms with E-state index in [1.807, 2.05) is 14.0 Å². The van der Waals surface area contributed by atoms with Gasteiger partial charge in [0.15, 0.2) is 0 Å². The third kappa shape index (κ3) is 3.25. The van der Waals surface area contributed by atoms with E-state index in [4.69, 9.17) is 9.47 Å². The Morgan fingerprint density at radius 2 is 2.38 bits per heavy atom. The Hall–Kier alpha value is -0.120. The fourth-order valence-corrected chi connectivity index (χ4v) is 1.79. The molecule has 0 spiro atoms. The second-order valence-electron chi connectivity index (χ2n) is 3.91. The van der Waals surface area contributed by atoms with Gasteiger partial charge in [0.05, 0.1) is 12.2 Å². The molecule has 1 aliphatic rings. The van der Waals surface area contributed by atoms with Gasteiger partial charge in [-0.1, -0.05) is 0 Å². The molecular formula is C10H21NO2. The van der Waals surface area contributed by atoms with E-state index in [9.17, 15) is 0 Å². The monoisotopic (exact) mass is 187 g/mol. The third-order valence-corrected chi connectivity index (χ3v) is 2.61. The standard InChI is InChI=1S/C10H21NO2/c1-4-12-8-10(2)7-9(11-3)5-6-13-10/h9,11H,4-8H2,1-3H3. The van der Waals surface area contributed by atoms with Crippen molar-refractivity contribution in [1.82, 2.24) is 5.32 Å². The summed E-state index contributed by atoms with van der Waals surface area (Å²) in [5, 5.41) is 3.30. The van der Waals surface area contributed by atoms with Gasteiger partial charge in [0, 0.05) is 19.3 Å². The lowest BCUT2D eigenvalue weighted by atomic mass is 9.93. The Bertz CT molecular complexity index is 152. The summed E-state index contributed by atoms with van der Waals surface area (Å²) >= 11 is 0. The molecule has 3 heteroatoms. The summed E-state index contributed by atoms with van der Waals surface area (Å²) in [5.41, 5.74) is -0.0814. The van der Waals surface area contributed by atoms with Crippen molar-refractivity contribution in [1.29, 1.82) is 0 Å². The van der Waals surface area contributed by atoms with Crippen LogP contribution < -0.4 is 5.32 Å². The highest BCUT2D eigenvalue weighted by molar-refractivity contribution is 4.85. The van der Waals surface area contributed by atoms with Crippen molar-refractivity contribution in [3.05, 3.63) is 0 Å². The van der Waals surface area contributed by atoms with Gasteiger partial charge in [0.1, 0.15) is 0 Å². The van der Waals surface area contributed by atoms with Gasteiger partial charge in [-0.3, -0.25) is 0 Å². The first-order valence-electron chi connectivity index (χ1n) is 5.09. The van der Waals surface area contributed by atoms with Crippen LogP contribution in [0.2, 0.25) is 0 Å². The summed E-state index contributed by atoms with van der Waals surface area (Å²) in [4.78, 5) is 0. The topological polar surface area (TPSA) is 30.5 Å². The normalized spacial score (nSPS) is 34.8. The van der Waals surface area contributed by atoms with E-state index in [0.29, 0.717) is 12.6 Å². The van der Waals surface area contributed by atoms with Crippen molar-refractivity contribution in [2.45, 2.75) is 38.3 Å². The molecule has 1 heterocycles. The van der Waals surface area contributed by atoms with Crippen LogP contribution in [0, 0.1) is 0 Å². The lowest BCUT2D eigenvalue weighted by molar-refractivity contribution is -0.117. The molecule has 1 aliphatic heterocycles. The van der Waals surface area contributed by atoms with E-state index in [1.54, 1.807) is 0 Å². The maximum Gasteiger partial charge on any atom is 0.0901 e. The predicted octanol–water partition coefficient (Wildman–Crippen LogP) is 1.18. The minimum absolute atomic E-state index is 0.0814. The Kier molecular flexibility index (Phi) is 4.16. The fraction of sp³-hybridized carbons (Fsp3) is 1.00. The molecule has 78 valence electrons. The van der Waals surface area contributed by atoms with Crippen LogP contribution in [0.15, 0.2) is 0 Å². The highest BCUT2D eigenvalue weighted by Crippen LogP contribution is 2.24. The van der Waals surface area contributed by atoms with Gasteiger partial charge in [0.2, 0.25) is 0 Å². The van der Waals surface area contributed by atoms with Crippen molar-refractivity contribution in [3.8, 4) is 0 Å². The first-order valence-corrected chi connectivity index (χ1v) is 5.09. The maximum atomic E-state index is 5.73.